The van der Waals surface area contributed by atoms with Gasteiger partial charge in [0, 0.05) is 5.92 Å². The summed E-state index contributed by atoms with van der Waals surface area (Å²) in [7, 11) is 0. The van der Waals surface area contributed by atoms with Gasteiger partial charge in [0.15, 0.2) is 6.10 Å². The van der Waals surface area contributed by atoms with Crippen LogP contribution in [0.15, 0.2) is 0 Å². The molecule has 0 spiro atoms. The molecule has 0 aliphatic carbocycles. The van der Waals surface area contributed by atoms with Crippen LogP contribution < -0.4 is 5.73 Å². The summed E-state index contributed by atoms with van der Waals surface area (Å²) >= 11 is 0. The fourth-order valence-corrected chi connectivity index (χ4v) is 1.00. The van der Waals surface area contributed by atoms with E-state index in [0.29, 0.717) is 0 Å². The van der Waals surface area contributed by atoms with Crippen molar-refractivity contribution >= 4 is 17.9 Å². The normalized spacial score (nSPS) is 16.4. The number of aliphatic hydroxyl groups excluding tert-OH is 1. The van der Waals surface area contributed by atoms with Gasteiger partial charge in [-0.15, -0.1) is 0 Å². The van der Waals surface area contributed by atoms with E-state index in [0.717, 1.165) is 0 Å². The van der Waals surface area contributed by atoms with Gasteiger partial charge in [-0.3, -0.25) is 9.59 Å². The Morgan fingerprint density at radius 2 is 1.53 bits per heavy atom. The van der Waals surface area contributed by atoms with Gasteiger partial charge in [0.05, 0.1) is 6.42 Å². The molecule has 0 fully saturated rings. The summed E-state index contributed by atoms with van der Waals surface area (Å²) in [5, 5.41) is 34.3. The first kappa shape index (κ1) is 13.3. The van der Waals surface area contributed by atoms with E-state index in [9.17, 15) is 14.4 Å². The maximum atomic E-state index is 10.4. The summed E-state index contributed by atoms with van der Waals surface area (Å²) in [5.41, 5.74) is 5.06. The molecule has 0 saturated heterocycles. The lowest BCUT2D eigenvalue weighted by atomic mass is 9.91. The third kappa shape index (κ3) is 3.92. The number of carboxylic acids is 3. The summed E-state index contributed by atoms with van der Waals surface area (Å²) < 4.78 is 0. The maximum Gasteiger partial charge on any atom is 0.332 e. The van der Waals surface area contributed by atoms with E-state index >= 15 is 0 Å². The van der Waals surface area contributed by atoms with Crippen LogP contribution in [0.2, 0.25) is 0 Å². The summed E-state index contributed by atoms with van der Waals surface area (Å²) in [5.74, 6) is -6.28. The zero-order chi connectivity index (χ0) is 12.2. The topological polar surface area (TPSA) is 158 Å². The molecule has 0 heterocycles. The highest BCUT2D eigenvalue weighted by molar-refractivity contribution is 5.79. The molecule has 8 nitrogen and oxygen atoms in total. The molecule has 0 aliphatic rings. The molecule has 86 valence electrons. The second kappa shape index (κ2) is 5.27. The van der Waals surface area contributed by atoms with E-state index < -0.39 is 42.4 Å². The van der Waals surface area contributed by atoms with Crippen LogP contribution >= 0.6 is 0 Å². The third-order valence-electron chi connectivity index (χ3n) is 1.82. The molecule has 8 heteroatoms. The van der Waals surface area contributed by atoms with E-state index in [1.165, 1.54) is 0 Å². The Labute approximate surface area is 83.9 Å². The minimum absolute atomic E-state index is 0.832. The van der Waals surface area contributed by atoms with Crippen molar-refractivity contribution in [3.05, 3.63) is 0 Å². The Balaban J connectivity index is 4.79. The van der Waals surface area contributed by atoms with Crippen molar-refractivity contribution in [2.75, 3.05) is 0 Å². The minimum Gasteiger partial charge on any atom is -0.481 e. The van der Waals surface area contributed by atoms with Gasteiger partial charge in [-0.25, -0.2) is 4.79 Å². The smallest absolute Gasteiger partial charge is 0.332 e. The lowest BCUT2D eigenvalue weighted by molar-refractivity contribution is -0.154. The molecule has 0 bridgehead atoms. The molecule has 3 atom stereocenters. The van der Waals surface area contributed by atoms with Crippen molar-refractivity contribution in [2.24, 2.45) is 11.7 Å². The Morgan fingerprint density at radius 1 is 1.07 bits per heavy atom. The standard InChI is InChI=1S/C7H11NO7/c8-4(6(12)13)2(1-3(9)10)5(11)7(14)15/h2,4-5,11H,1,8H2,(H,9,10)(H,12,13)(H,14,15). The lowest BCUT2D eigenvalue weighted by Crippen LogP contribution is -2.47. The molecule has 3 unspecified atom stereocenters. The third-order valence-corrected chi connectivity index (χ3v) is 1.82. The molecule has 0 radical (unpaired) electrons. The number of rotatable bonds is 6. The van der Waals surface area contributed by atoms with Crippen LogP contribution in [-0.2, 0) is 14.4 Å². The van der Waals surface area contributed by atoms with Crippen LogP contribution in [-0.4, -0.2) is 50.5 Å². The molecule has 0 aromatic rings. The van der Waals surface area contributed by atoms with Gasteiger partial charge in [0.25, 0.3) is 0 Å². The number of hydrogen-bond donors (Lipinski definition) is 5. The van der Waals surface area contributed by atoms with Gasteiger partial charge in [-0.2, -0.15) is 0 Å². The number of aliphatic carboxylic acids is 3. The summed E-state index contributed by atoms with van der Waals surface area (Å²) in [6.07, 6.45) is -2.95. The quantitative estimate of drug-likeness (QED) is 0.342. The van der Waals surface area contributed by atoms with Gasteiger partial charge >= 0.3 is 17.9 Å². The predicted octanol–water partition coefficient (Wildman–Crippen LogP) is -2.07. The Kier molecular flexibility index (Phi) is 4.68. The lowest BCUT2D eigenvalue weighted by Gasteiger charge is -2.21. The molecule has 0 aromatic heterocycles. The Bertz CT molecular complexity index is 257. The van der Waals surface area contributed by atoms with Crippen molar-refractivity contribution in [1.82, 2.24) is 0 Å². The summed E-state index contributed by atoms with van der Waals surface area (Å²) in [6.45, 7) is 0. The zero-order valence-corrected chi connectivity index (χ0v) is 7.53. The first-order valence-corrected chi connectivity index (χ1v) is 3.88. The molecule has 0 aromatic carbocycles. The highest BCUT2D eigenvalue weighted by Gasteiger charge is 2.36. The minimum atomic E-state index is -2.12. The fourth-order valence-electron chi connectivity index (χ4n) is 1.00. The average molecular weight is 221 g/mol. The van der Waals surface area contributed by atoms with Gasteiger partial charge in [-0.05, 0) is 0 Å². The maximum absolute atomic E-state index is 10.4. The second-order valence-electron chi connectivity index (χ2n) is 2.91. The Morgan fingerprint density at radius 3 is 1.80 bits per heavy atom. The van der Waals surface area contributed by atoms with E-state index in [4.69, 9.17) is 26.2 Å². The van der Waals surface area contributed by atoms with E-state index in [1.54, 1.807) is 0 Å². The van der Waals surface area contributed by atoms with E-state index in [1.807, 2.05) is 0 Å². The van der Waals surface area contributed by atoms with Gasteiger partial charge < -0.3 is 26.2 Å². The van der Waals surface area contributed by atoms with Crippen LogP contribution in [0.1, 0.15) is 6.42 Å². The molecule has 15 heavy (non-hydrogen) atoms. The summed E-state index contributed by atoms with van der Waals surface area (Å²) in [6, 6.07) is -1.74. The van der Waals surface area contributed by atoms with Crippen molar-refractivity contribution in [3.8, 4) is 0 Å². The molecule has 0 rings (SSSR count). The SMILES string of the molecule is NC(C(=O)O)C(CC(=O)O)C(O)C(=O)O. The average Bonchev–Trinajstić information content (AvgIpc) is 2.11. The molecule has 0 saturated carbocycles. The zero-order valence-electron chi connectivity index (χ0n) is 7.53. The number of aliphatic hydroxyl groups is 1. The second-order valence-corrected chi connectivity index (χ2v) is 2.91. The number of hydrogen-bond acceptors (Lipinski definition) is 5. The highest BCUT2D eigenvalue weighted by atomic mass is 16.4. The van der Waals surface area contributed by atoms with E-state index in [2.05, 4.69) is 0 Å². The van der Waals surface area contributed by atoms with E-state index in [-0.39, 0.29) is 0 Å². The van der Waals surface area contributed by atoms with Gasteiger partial charge in [0.1, 0.15) is 6.04 Å². The molecule has 0 amide bonds. The molecular formula is C7H11NO7. The van der Waals surface area contributed by atoms with Crippen LogP contribution in [0.25, 0.3) is 0 Å². The Hall–Kier alpha value is -1.67. The molecule has 6 N–H and O–H groups in total. The van der Waals surface area contributed by atoms with Crippen LogP contribution in [0.3, 0.4) is 0 Å². The van der Waals surface area contributed by atoms with Gasteiger partial charge in [-0.1, -0.05) is 0 Å². The highest BCUT2D eigenvalue weighted by Crippen LogP contribution is 2.14. The fraction of sp³-hybridized carbons (Fsp3) is 0.571. The number of carboxylic acid groups (broad SMARTS) is 3. The van der Waals surface area contributed by atoms with Crippen molar-refractivity contribution in [3.63, 3.8) is 0 Å². The van der Waals surface area contributed by atoms with Crippen LogP contribution in [0.4, 0.5) is 0 Å². The van der Waals surface area contributed by atoms with Crippen molar-refractivity contribution < 1.29 is 34.8 Å². The first-order valence-electron chi connectivity index (χ1n) is 3.88. The molecular weight excluding hydrogens is 210 g/mol. The number of nitrogens with two attached hydrogens (primary N) is 1. The van der Waals surface area contributed by atoms with Crippen molar-refractivity contribution in [2.45, 2.75) is 18.6 Å². The largest absolute Gasteiger partial charge is 0.481 e. The predicted molar refractivity (Wildman–Crippen MR) is 45.0 cm³/mol. The van der Waals surface area contributed by atoms with Crippen LogP contribution in [0.5, 0.6) is 0 Å². The van der Waals surface area contributed by atoms with Gasteiger partial charge in [0.2, 0.25) is 0 Å². The first-order chi connectivity index (χ1) is 6.77. The molecule has 0 aliphatic heterocycles. The van der Waals surface area contributed by atoms with Crippen molar-refractivity contribution in [1.29, 1.82) is 0 Å². The summed E-state index contributed by atoms with van der Waals surface area (Å²) in [4.78, 5) is 31.1. The number of carbonyl (C=O) groups is 3. The monoisotopic (exact) mass is 221 g/mol. The van der Waals surface area contributed by atoms with Crippen LogP contribution in [0, 0.1) is 5.92 Å².